The highest BCUT2D eigenvalue weighted by Gasteiger charge is 2.31. The van der Waals surface area contributed by atoms with Gasteiger partial charge in [-0.3, -0.25) is 4.90 Å². The van der Waals surface area contributed by atoms with Crippen LogP contribution in [0, 0.1) is 0 Å². The highest BCUT2D eigenvalue weighted by atomic mass is 35.5. The van der Waals surface area contributed by atoms with Gasteiger partial charge < -0.3 is 4.74 Å². The molecule has 2 aliphatic rings. The van der Waals surface area contributed by atoms with Crippen molar-refractivity contribution >= 4 is 11.6 Å². The maximum Gasteiger partial charge on any atom is 0.123 e. The van der Waals surface area contributed by atoms with Gasteiger partial charge in [0.25, 0.3) is 0 Å². The van der Waals surface area contributed by atoms with Crippen molar-refractivity contribution in [2.45, 2.75) is 44.2 Å². The van der Waals surface area contributed by atoms with Crippen LogP contribution in [0.2, 0.25) is 5.02 Å². The Kier molecular flexibility index (Phi) is 3.49. The number of benzene rings is 1. The molecule has 1 saturated heterocycles. The molecule has 0 amide bonds. The highest BCUT2D eigenvalue weighted by Crippen LogP contribution is 2.33. The largest absolute Gasteiger partial charge is 0.489 e. The molecular formula is C15H20ClNO. The average Bonchev–Trinajstić information content (AvgIpc) is 2.39. The summed E-state index contributed by atoms with van der Waals surface area (Å²) < 4.78 is 6.20. The second-order valence-corrected chi connectivity index (χ2v) is 5.93. The molecule has 0 radical (unpaired) electrons. The summed E-state index contributed by atoms with van der Waals surface area (Å²) in [5, 5.41) is 0.811. The van der Waals surface area contributed by atoms with Crippen LogP contribution in [0.25, 0.3) is 0 Å². The number of likely N-dealkylation sites (N-methyl/N-ethyl adjacent to an activating group) is 1. The van der Waals surface area contributed by atoms with Crippen LogP contribution in [0.3, 0.4) is 0 Å². The topological polar surface area (TPSA) is 12.5 Å². The summed E-state index contributed by atoms with van der Waals surface area (Å²) in [5.41, 5.74) is 1.26. The summed E-state index contributed by atoms with van der Waals surface area (Å²) in [4.78, 5) is 2.47. The van der Waals surface area contributed by atoms with Gasteiger partial charge in [0, 0.05) is 11.1 Å². The third kappa shape index (κ3) is 2.36. The molecule has 18 heavy (non-hydrogen) atoms. The summed E-state index contributed by atoms with van der Waals surface area (Å²) >= 11 is 6.02. The first-order valence-corrected chi connectivity index (χ1v) is 7.27. The lowest BCUT2D eigenvalue weighted by atomic mass is 9.92. The molecule has 0 bridgehead atoms. The van der Waals surface area contributed by atoms with Gasteiger partial charge in [-0.1, -0.05) is 18.0 Å². The first-order chi connectivity index (χ1) is 8.74. The number of likely N-dealkylation sites (tertiary alicyclic amines) is 1. The number of halogens is 1. The molecule has 0 aromatic heterocycles. The Balaban J connectivity index is 1.76. The molecule has 2 unspecified atom stereocenters. The fourth-order valence-electron chi connectivity index (χ4n) is 3.22. The monoisotopic (exact) mass is 265 g/mol. The van der Waals surface area contributed by atoms with E-state index in [-0.39, 0.29) is 0 Å². The number of fused-ring (bicyclic) bond motifs is 1. The van der Waals surface area contributed by atoms with E-state index in [0.29, 0.717) is 12.1 Å². The molecule has 98 valence electrons. The fraction of sp³-hybridized carbons (Fsp3) is 0.600. The molecule has 1 aromatic rings. The van der Waals surface area contributed by atoms with Gasteiger partial charge in [0.2, 0.25) is 0 Å². The van der Waals surface area contributed by atoms with Gasteiger partial charge in [0.05, 0.1) is 0 Å². The van der Waals surface area contributed by atoms with Crippen LogP contribution in [0.5, 0.6) is 5.75 Å². The number of hydrogen-bond donors (Lipinski definition) is 0. The molecule has 1 aromatic carbocycles. The van der Waals surface area contributed by atoms with E-state index in [9.17, 15) is 0 Å². The molecule has 2 atom stereocenters. The Hall–Kier alpha value is -0.730. The number of ether oxygens (including phenoxy) is 1. The number of rotatable bonds is 1. The number of piperidine rings is 1. The SMILES string of the molecule is CN1CCCCC1C1CCc2cc(Cl)ccc2O1. The lowest BCUT2D eigenvalue weighted by molar-refractivity contribution is 0.0448. The quantitative estimate of drug-likeness (QED) is 0.770. The minimum atomic E-state index is 0.351. The van der Waals surface area contributed by atoms with Gasteiger partial charge in [-0.15, -0.1) is 0 Å². The predicted molar refractivity (Wildman–Crippen MR) is 74.5 cm³/mol. The molecule has 3 heteroatoms. The third-order valence-corrected chi connectivity index (χ3v) is 4.49. The zero-order valence-corrected chi connectivity index (χ0v) is 11.6. The maximum absolute atomic E-state index is 6.20. The summed E-state index contributed by atoms with van der Waals surface area (Å²) in [6.45, 7) is 1.21. The van der Waals surface area contributed by atoms with Crippen LogP contribution < -0.4 is 4.74 Å². The average molecular weight is 266 g/mol. The molecule has 2 nitrogen and oxygen atoms in total. The molecule has 1 fully saturated rings. The highest BCUT2D eigenvalue weighted by molar-refractivity contribution is 6.30. The van der Waals surface area contributed by atoms with Crippen molar-refractivity contribution < 1.29 is 4.74 Å². The van der Waals surface area contributed by atoms with Gasteiger partial charge in [-0.05, 0) is 63.0 Å². The van der Waals surface area contributed by atoms with E-state index in [4.69, 9.17) is 16.3 Å². The lowest BCUT2D eigenvalue weighted by Gasteiger charge is -2.40. The van der Waals surface area contributed by atoms with Crippen molar-refractivity contribution in [2.24, 2.45) is 0 Å². The molecule has 2 aliphatic heterocycles. The van der Waals surface area contributed by atoms with Gasteiger partial charge in [-0.2, -0.15) is 0 Å². The molecular weight excluding hydrogens is 246 g/mol. The smallest absolute Gasteiger partial charge is 0.123 e. The fourth-order valence-corrected chi connectivity index (χ4v) is 3.41. The van der Waals surface area contributed by atoms with E-state index in [2.05, 4.69) is 11.9 Å². The van der Waals surface area contributed by atoms with Crippen molar-refractivity contribution in [2.75, 3.05) is 13.6 Å². The molecule has 0 N–H and O–H groups in total. The van der Waals surface area contributed by atoms with E-state index in [1.165, 1.54) is 31.4 Å². The lowest BCUT2D eigenvalue weighted by Crippen LogP contribution is -2.48. The number of hydrogen-bond acceptors (Lipinski definition) is 2. The zero-order chi connectivity index (χ0) is 12.5. The van der Waals surface area contributed by atoms with Crippen LogP contribution in [-0.2, 0) is 6.42 Å². The Bertz CT molecular complexity index is 435. The number of nitrogens with zero attached hydrogens (tertiary/aromatic N) is 1. The van der Waals surface area contributed by atoms with Crippen LogP contribution >= 0.6 is 11.6 Å². The Labute approximate surface area is 114 Å². The van der Waals surface area contributed by atoms with Crippen molar-refractivity contribution in [3.05, 3.63) is 28.8 Å². The summed E-state index contributed by atoms with van der Waals surface area (Å²) in [5.74, 6) is 1.04. The van der Waals surface area contributed by atoms with Crippen molar-refractivity contribution in [3.8, 4) is 5.75 Å². The summed E-state index contributed by atoms with van der Waals surface area (Å²) in [6.07, 6.45) is 6.48. The van der Waals surface area contributed by atoms with E-state index >= 15 is 0 Å². The summed E-state index contributed by atoms with van der Waals surface area (Å²) in [6, 6.07) is 6.57. The second kappa shape index (κ2) is 5.10. The molecule has 0 aliphatic carbocycles. The van der Waals surface area contributed by atoms with E-state index in [0.717, 1.165) is 23.6 Å². The molecule has 2 heterocycles. The maximum atomic E-state index is 6.20. The van der Waals surface area contributed by atoms with Crippen LogP contribution in [0.1, 0.15) is 31.2 Å². The minimum absolute atomic E-state index is 0.351. The van der Waals surface area contributed by atoms with Gasteiger partial charge in [0.1, 0.15) is 11.9 Å². The van der Waals surface area contributed by atoms with Gasteiger partial charge >= 0.3 is 0 Å². The zero-order valence-electron chi connectivity index (χ0n) is 10.9. The van der Waals surface area contributed by atoms with Gasteiger partial charge in [-0.25, -0.2) is 0 Å². The molecule has 3 rings (SSSR count). The number of aryl methyl sites for hydroxylation is 1. The molecule has 0 saturated carbocycles. The Morgan fingerprint density at radius 2 is 2.17 bits per heavy atom. The normalized spacial score (nSPS) is 28.6. The second-order valence-electron chi connectivity index (χ2n) is 5.49. The van der Waals surface area contributed by atoms with Crippen LogP contribution in [0.15, 0.2) is 18.2 Å². The van der Waals surface area contributed by atoms with Crippen molar-refractivity contribution in [1.82, 2.24) is 4.90 Å². The predicted octanol–water partition coefficient (Wildman–Crippen LogP) is 3.52. The van der Waals surface area contributed by atoms with Crippen molar-refractivity contribution in [3.63, 3.8) is 0 Å². The van der Waals surface area contributed by atoms with E-state index in [1.54, 1.807) is 0 Å². The van der Waals surface area contributed by atoms with E-state index < -0.39 is 0 Å². The first-order valence-electron chi connectivity index (χ1n) is 6.89. The minimum Gasteiger partial charge on any atom is -0.489 e. The third-order valence-electron chi connectivity index (χ3n) is 4.26. The Morgan fingerprint density at radius 1 is 1.28 bits per heavy atom. The summed E-state index contributed by atoms with van der Waals surface area (Å²) in [7, 11) is 2.23. The Morgan fingerprint density at radius 3 is 3.00 bits per heavy atom. The van der Waals surface area contributed by atoms with Gasteiger partial charge in [0.15, 0.2) is 0 Å². The van der Waals surface area contributed by atoms with Crippen LogP contribution in [0.4, 0.5) is 0 Å². The standard InChI is InChI=1S/C15H20ClNO/c1-17-9-3-2-4-13(17)15-7-5-11-10-12(16)6-8-14(11)18-15/h6,8,10,13,15H,2-5,7,9H2,1H3. The van der Waals surface area contributed by atoms with Crippen molar-refractivity contribution in [1.29, 1.82) is 0 Å². The van der Waals surface area contributed by atoms with E-state index in [1.807, 2.05) is 18.2 Å². The molecule has 0 spiro atoms. The first kappa shape index (κ1) is 12.3. The van der Waals surface area contributed by atoms with Crippen LogP contribution in [-0.4, -0.2) is 30.6 Å².